The molecule has 0 radical (unpaired) electrons. The number of aliphatic hydroxyl groups is 1. The van der Waals surface area contributed by atoms with Gasteiger partial charge in [0.1, 0.15) is 5.82 Å². The zero-order valence-corrected chi connectivity index (χ0v) is 13.6. The molecule has 122 valence electrons. The Labute approximate surface area is 131 Å². The number of rotatable bonds is 3. The van der Waals surface area contributed by atoms with E-state index in [1.54, 1.807) is 0 Å². The van der Waals surface area contributed by atoms with E-state index in [9.17, 15) is 5.11 Å². The van der Waals surface area contributed by atoms with Crippen LogP contribution in [0.3, 0.4) is 0 Å². The summed E-state index contributed by atoms with van der Waals surface area (Å²) in [4.78, 5) is 15.6. The van der Waals surface area contributed by atoms with Crippen LogP contribution in [0.1, 0.15) is 5.69 Å². The van der Waals surface area contributed by atoms with Crippen molar-refractivity contribution < 1.29 is 9.84 Å². The minimum Gasteiger partial charge on any atom is -0.389 e. The lowest BCUT2D eigenvalue weighted by Crippen LogP contribution is -2.53. The standard InChI is InChI=1S/C15H25N5O2/c1-11-8-14(17-15(16-11)18(2)3)20-6-4-19(5-7-20)12-9-22-10-13(12)21/h8,12-13,21H,4-7,9-10H2,1-3H3. The summed E-state index contributed by atoms with van der Waals surface area (Å²) in [5.74, 6) is 1.73. The summed E-state index contributed by atoms with van der Waals surface area (Å²) in [5.41, 5.74) is 0.982. The molecule has 2 fully saturated rings. The van der Waals surface area contributed by atoms with Crippen LogP contribution in [-0.4, -0.2) is 85.6 Å². The first-order valence-electron chi connectivity index (χ1n) is 7.82. The Morgan fingerprint density at radius 2 is 1.91 bits per heavy atom. The average molecular weight is 307 g/mol. The summed E-state index contributed by atoms with van der Waals surface area (Å²) >= 11 is 0. The van der Waals surface area contributed by atoms with E-state index in [1.807, 2.05) is 32.0 Å². The maximum absolute atomic E-state index is 9.95. The van der Waals surface area contributed by atoms with E-state index >= 15 is 0 Å². The van der Waals surface area contributed by atoms with Crippen LogP contribution in [0.15, 0.2) is 6.07 Å². The summed E-state index contributed by atoms with van der Waals surface area (Å²) in [6, 6.07) is 2.18. The van der Waals surface area contributed by atoms with Crippen molar-refractivity contribution in [3.8, 4) is 0 Å². The Kier molecular flexibility index (Phi) is 4.46. The molecule has 2 unspecified atom stereocenters. The highest BCUT2D eigenvalue weighted by Crippen LogP contribution is 2.20. The van der Waals surface area contributed by atoms with Gasteiger partial charge in [-0.25, -0.2) is 4.98 Å². The first-order valence-corrected chi connectivity index (χ1v) is 7.82. The van der Waals surface area contributed by atoms with Gasteiger partial charge >= 0.3 is 0 Å². The average Bonchev–Trinajstić information content (AvgIpc) is 2.93. The summed E-state index contributed by atoms with van der Waals surface area (Å²) in [6.45, 7) is 6.76. The topological polar surface area (TPSA) is 65.0 Å². The summed E-state index contributed by atoms with van der Waals surface area (Å²) in [6.07, 6.45) is -0.354. The number of aromatic nitrogens is 2. The molecule has 0 aliphatic carbocycles. The minimum absolute atomic E-state index is 0.145. The number of nitrogens with zero attached hydrogens (tertiary/aromatic N) is 5. The Balaban J connectivity index is 1.66. The summed E-state index contributed by atoms with van der Waals surface area (Å²) in [5, 5.41) is 9.95. The summed E-state index contributed by atoms with van der Waals surface area (Å²) < 4.78 is 5.36. The highest BCUT2D eigenvalue weighted by atomic mass is 16.5. The van der Waals surface area contributed by atoms with Gasteiger partial charge in [-0.3, -0.25) is 4.90 Å². The number of ether oxygens (including phenoxy) is 1. The largest absolute Gasteiger partial charge is 0.389 e. The van der Waals surface area contributed by atoms with Gasteiger partial charge in [-0.15, -0.1) is 0 Å². The second-order valence-electron chi connectivity index (χ2n) is 6.26. The Morgan fingerprint density at radius 3 is 2.50 bits per heavy atom. The Bertz CT molecular complexity index is 517. The van der Waals surface area contributed by atoms with E-state index in [-0.39, 0.29) is 12.1 Å². The third-order valence-electron chi connectivity index (χ3n) is 4.36. The van der Waals surface area contributed by atoms with Gasteiger partial charge in [-0.2, -0.15) is 4.98 Å². The number of anilines is 2. The second-order valence-corrected chi connectivity index (χ2v) is 6.26. The van der Waals surface area contributed by atoms with E-state index in [2.05, 4.69) is 19.8 Å². The van der Waals surface area contributed by atoms with Gasteiger partial charge in [0, 0.05) is 52.0 Å². The van der Waals surface area contributed by atoms with Crippen LogP contribution in [0.4, 0.5) is 11.8 Å². The van der Waals surface area contributed by atoms with Crippen molar-refractivity contribution in [2.75, 3.05) is 63.3 Å². The van der Waals surface area contributed by atoms with Crippen molar-refractivity contribution in [3.05, 3.63) is 11.8 Å². The first kappa shape index (κ1) is 15.5. The SMILES string of the molecule is Cc1cc(N2CCN(C3COCC3O)CC2)nc(N(C)C)n1. The lowest BCUT2D eigenvalue weighted by molar-refractivity contribution is 0.0784. The molecule has 22 heavy (non-hydrogen) atoms. The van der Waals surface area contributed by atoms with Crippen LogP contribution >= 0.6 is 0 Å². The van der Waals surface area contributed by atoms with Crippen molar-refractivity contribution >= 4 is 11.8 Å². The first-order chi connectivity index (χ1) is 10.5. The molecule has 1 aromatic heterocycles. The van der Waals surface area contributed by atoms with E-state index in [1.165, 1.54) is 0 Å². The molecule has 3 rings (SSSR count). The number of piperazine rings is 1. The maximum Gasteiger partial charge on any atom is 0.226 e. The summed E-state index contributed by atoms with van der Waals surface area (Å²) in [7, 11) is 3.91. The highest BCUT2D eigenvalue weighted by molar-refractivity contribution is 5.45. The fourth-order valence-electron chi connectivity index (χ4n) is 3.06. The van der Waals surface area contributed by atoms with E-state index in [0.717, 1.165) is 43.6 Å². The molecule has 1 N–H and O–H groups in total. The van der Waals surface area contributed by atoms with Crippen molar-refractivity contribution in [1.82, 2.24) is 14.9 Å². The predicted molar refractivity (Wildman–Crippen MR) is 85.5 cm³/mol. The number of aliphatic hydroxyl groups excluding tert-OH is 1. The molecule has 0 saturated carbocycles. The zero-order valence-electron chi connectivity index (χ0n) is 13.6. The quantitative estimate of drug-likeness (QED) is 0.825. The van der Waals surface area contributed by atoms with Crippen LogP contribution in [0.5, 0.6) is 0 Å². The molecule has 0 amide bonds. The number of hydrogen-bond donors (Lipinski definition) is 1. The van der Waals surface area contributed by atoms with Crippen molar-refractivity contribution in [1.29, 1.82) is 0 Å². The molecule has 2 aliphatic heterocycles. The third-order valence-corrected chi connectivity index (χ3v) is 4.36. The molecular weight excluding hydrogens is 282 g/mol. The van der Waals surface area contributed by atoms with Gasteiger partial charge in [-0.05, 0) is 6.92 Å². The molecule has 0 aromatic carbocycles. The molecule has 7 heteroatoms. The van der Waals surface area contributed by atoms with Crippen molar-refractivity contribution in [2.45, 2.75) is 19.1 Å². The van der Waals surface area contributed by atoms with Gasteiger partial charge in [0.05, 0.1) is 25.4 Å². The van der Waals surface area contributed by atoms with Crippen LogP contribution in [0, 0.1) is 6.92 Å². The Morgan fingerprint density at radius 1 is 1.18 bits per heavy atom. The van der Waals surface area contributed by atoms with Gasteiger partial charge in [-0.1, -0.05) is 0 Å². The Hall–Kier alpha value is -1.44. The molecule has 2 saturated heterocycles. The normalized spacial score (nSPS) is 26.5. The fraction of sp³-hybridized carbons (Fsp3) is 0.733. The van der Waals surface area contributed by atoms with Crippen molar-refractivity contribution in [3.63, 3.8) is 0 Å². The van der Waals surface area contributed by atoms with E-state index in [4.69, 9.17) is 4.74 Å². The van der Waals surface area contributed by atoms with Crippen molar-refractivity contribution in [2.24, 2.45) is 0 Å². The van der Waals surface area contributed by atoms with Gasteiger partial charge in [0.15, 0.2) is 0 Å². The fourth-order valence-corrected chi connectivity index (χ4v) is 3.06. The molecule has 2 aliphatic rings. The van der Waals surface area contributed by atoms with Gasteiger partial charge in [0.2, 0.25) is 5.95 Å². The lowest BCUT2D eigenvalue weighted by Gasteiger charge is -2.39. The van der Waals surface area contributed by atoms with Crippen LogP contribution in [0.25, 0.3) is 0 Å². The van der Waals surface area contributed by atoms with E-state index < -0.39 is 0 Å². The third kappa shape index (κ3) is 3.16. The van der Waals surface area contributed by atoms with Gasteiger partial charge < -0.3 is 19.6 Å². The highest BCUT2D eigenvalue weighted by Gasteiger charge is 2.33. The van der Waals surface area contributed by atoms with Crippen LogP contribution in [0.2, 0.25) is 0 Å². The molecule has 2 atom stereocenters. The molecule has 0 bridgehead atoms. The molecule has 3 heterocycles. The zero-order chi connectivity index (χ0) is 15.7. The van der Waals surface area contributed by atoms with Crippen LogP contribution in [-0.2, 0) is 4.74 Å². The second kappa shape index (κ2) is 6.36. The molecule has 0 spiro atoms. The monoisotopic (exact) mass is 307 g/mol. The van der Waals surface area contributed by atoms with Gasteiger partial charge in [0.25, 0.3) is 0 Å². The number of aryl methyl sites for hydroxylation is 1. The molecular formula is C15H25N5O2. The predicted octanol–water partition coefficient (Wildman–Crippen LogP) is -0.267. The van der Waals surface area contributed by atoms with Crippen LogP contribution < -0.4 is 9.80 Å². The number of hydrogen-bond acceptors (Lipinski definition) is 7. The molecule has 1 aromatic rings. The van der Waals surface area contributed by atoms with E-state index in [0.29, 0.717) is 13.2 Å². The minimum atomic E-state index is -0.354. The molecule has 7 nitrogen and oxygen atoms in total. The lowest BCUT2D eigenvalue weighted by atomic mass is 10.1. The maximum atomic E-state index is 9.95. The smallest absolute Gasteiger partial charge is 0.226 e.